The van der Waals surface area contributed by atoms with Crippen LogP contribution in [0.3, 0.4) is 0 Å². The van der Waals surface area contributed by atoms with Gasteiger partial charge in [0.05, 0.1) is 5.38 Å². The molecule has 0 saturated heterocycles. The van der Waals surface area contributed by atoms with Gasteiger partial charge in [-0.3, -0.25) is 0 Å². The van der Waals surface area contributed by atoms with Gasteiger partial charge in [-0.25, -0.2) is 0 Å². The zero-order valence-electron chi connectivity index (χ0n) is 7.10. The van der Waals surface area contributed by atoms with Crippen molar-refractivity contribution >= 4 is 11.6 Å². The highest BCUT2D eigenvalue weighted by molar-refractivity contribution is 6.21. The quantitative estimate of drug-likeness (QED) is 0.436. The fourth-order valence-electron chi connectivity index (χ4n) is 0.798. The van der Waals surface area contributed by atoms with Gasteiger partial charge < -0.3 is 0 Å². The molecule has 0 saturated carbocycles. The van der Waals surface area contributed by atoms with Crippen LogP contribution in [0.5, 0.6) is 0 Å². The lowest BCUT2D eigenvalue weighted by molar-refractivity contribution is 0.562. The Labute approximate surface area is 69.3 Å². The van der Waals surface area contributed by atoms with Crippen LogP contribution >= 0.6 is 11.6 Å². The average molecular weight is 161 g/mol. The first-order valence-electron chi connectivity index (χ1n) is 3.93. The minimum absolute atomic E-state index is 0.243. The van der Waals surface area contributed by atoms with Crippen LogP contribution in [0.25, 0.3) is 0 Å². The maximum atomic E-state index is 5.94. The van der Waals surface area contributed by atoms with Crippen molar-refractivity contribution in [2.24, 2.45) is 5.92 Å². The molecule has 0 N–H and O–H groups in total. The second-order valence-electron chi connectivity index (χ2n) is 3.01. The highest BCUT2D eigenvalue weighted by Crippen LogP contribution is 2.11. The Morgan fingerprint density at radius 3 is 2.30 bits per heavy atom. The largest absolute Gasteiger partial charge is 0.118 e. The minimum Gasteiger partial charge on any atom is -0.118 e. The van der Waals surface area contributed by atoms with Crippen LogP contribution in [-0.4, -0.2) is 5.38 Å². The molecule has 1 heteroatoms. The van der Waals surface area contributed by atoms with E-state index >= 15 is 0 Å². The Balaban J connectivity index is 3.30. The molecule has 0 fully saturated rings. The molecule has 0 aliphatic carbocycles. The van der Waals surface area contributed by atoms with E-state index in [1.165, 1.54) is 6.42 Å². The Bertz CT molecular complexity index is 94.9. The highest BCUT2D eigenvalue weighted by atomic mass is 35.5. The molecule has 10 heavy (non-hydrogen) atoms. The van der Waals surface area contributed by atoms with Gasteiger partial charge in [0, 0.05) is 0 Å². The molecule has 0 aromatic carbocycles. The van der Waals surface area contributed by atoms with Gasteiger partial charge in [0.1, 0.15) is 0 Å². The molecule has 0 heterocycles. The maximum absolute atomic E-state index is 5.94. The third-order valence-electron chi connectivity index (χ3n) is 1.42. The molecule has 0 aliphatic heterocycles. The molecular formula is C9H17Cl. The van der Waals surface area contributed by atoms with Gasteiger partial charge in [-0.2, -0.15) is 0 Å². The van der Waals surface area contributed by atoms with E-state index in [-0.39, 0.29) is 5.38 Å². The van der Waals surface area contributed by atoms with E-state index in [0.29, 0.717) is 0 Å². The zero-order valence-corrected chi connectivity index (χ0v) is 7.86. The van der Waals surface area contributed by atoms with E-state index in [2.05, 4.69) is 13.8 Å². The van der Waals surface area contributed by atoms with Crippen molar-refractivity contribution in [3.05, 3.63) is 12.2 Å². The lowest BCUT2D eigenvalue weighted by Crippen LogP contribution is -1.96. The SMILES string of the molecule is C/C=C/C(Cl)CCC(C)C. The first-order valence-corrected chi connectivity index (χ1v) is 4.37. The molecule has 0 aromatic heterocycles. The predicted octanol–water partition coefficient (Wildman–Crippen LogP) is 3.61. The maximum Gasteiger partial charge on any atom is 0.0516 e. The van der Waals surface area contributed by atoms with Crippen LogP contribution in [0.1, 0.15) is 33.6 Å². The number of halogens is 1. The Morgan fingerprint density at radius 2 is 1.90 bits per heavy atom. The topological polar surface area (TPSA) is 0 Å². The van der Waals surface area contributed by atoms with Crippen molar-refractivity contribution in [3.8, 4) is 0 Å². The summed E-state index contributed by atoms with van der Waals surface area (Å²) in [6, 6.07) is 0. The summed E-state index contributed by atoms with van der Waals surface area (Å²) >= 11 is 5.94. The second-order valence-corrected chi connectivity index (χ2v) is 3.57. The number of allylic oxidation sites excluding steroid dienone is 2. The number of rotatable bonds is 4. The van der Waals surface area contributed by atoms with Crippen molar-refractivity contribution < 1.29 is 0 Å². The summed E-state index contributed by atoms with van der Waals surface area (Å²) in [6.07, 6.45) is 6.38. The molecule has 0 bridgehead atoms. The predicted molar refractivity (Wildman–Crippen MR) is 48.5 cm³/mol. The number of hydrogen-bond acceptors (Lipinski definition) is 0. The van der Waals surface area contributed by atoms with E-state index < -0.39 is 0 Å². The summed E-state index contributed by atoms with van der Waals surface area (Å²) in [5.74, 6) is 0.770. The van der Waals surface area contributed by atoms with E-state index in [1.54, 1.807) is 0 Å². The molecule has 0 radical (unpaired) electrons. The van der Waals surface area contributed by atoms with Gasteiger partial charge in [0.15, 0.2) is 0 Å². The van der Waals surface area contributed by atoms with Crippen molar-refractivity contribution in [1.82, 2.24) is 0 Å². The van der Waals surface area contributed by atoms with Crippen molar-refractivity contribution in [2.45, 2.75) is 39.0 Å². The van der Waals surface area contributed by atoms with E-state index in [4.69, 9.17) is 11.6 Å². The van der Waals surface area contributed by atoms with E-state index in [0.717, 1.165) is 12.3 Å². The van der Waals surface area contributed by atoms with Crippen LogP contribution in [0, 0.1) is 5.92 Å². The van der Waals surface area contributed by atoms with Gasteiger partial charge in [-0.05, 0) is 25.7 Å². The Hall–Kier alpha value is 0.0300. The van der Waals surface area contributed by atoms with Crippen LogP contribution in [0.2, 0.25) is 0 Å². The lowest BCUT2D eigenvalue weighted by Gasteiger charge is -2.05. The number of alkyl halides is 1. The van der Waals surface area contributed by atoms with Gasteiger partial charge in [-0.1, -0.05) is 26.0 Å². The Morgan fingerprint density at radius 1 is 1.30 bits per heavy atom. The van der Waals surface area contributed by atoms with Gasteiger partial charge in [-0.15, -0.1) is 11.6 Å². The fraction of sp³-hybridized carbons (Fsp3) is 0.778. The van der Waals surface area contributed by atoms with Crippen molar-refractivity contribution in [3.63, 3.8) is 0 Å². The zero-order chi connectivity index (χ0) is 7.98. The van der Waals surface area contributed by atoms with E-state index in [9.17, 15) is 0 Å². The monoisotopic (exact) mass is 160 g/mol. The summed E-state index contributed by atoms with van der Waals surface area (Å²) in [4.78, 5) is 0. The molecule has 60 valence electrons. The molecule has 0 aromatic rings. The molecule has 0 amide bonds. The summed E-state index contributed by atoms with van der Waals surface area (Å²) in [5, 5.41) is 0.243. The lowest BCUT2D eigenvalue weighted by atomic mass is 10.1. The summed E-state index contributed by atoms with van der Waals surface area (Å²) < 4.78 is 0. The third kappa shape index (κ3) is 6.15. The first kappa shape index (κ1) is 10.0. The van der Waals surface area contributed by atoms with Crippen LogP contribution in [-0.2, 0) is 0 Å². The highest BCUT2D eigenvalue weighted by Gasteiger charge is 2.00. The normalized spacial score (nSPS) is 14.9. The fourth-order valence-corrected chi connectivity index (χ4v) is 1.07. The molecule has 0 rings (SSSR count). The van der Waals surface area contributed by atoms with Gasteiger partial charge in [0.25, 0.3) is 0 Å². The minimum atomic E-state index is 0.243. The van der Waals surface area contributed by atoms with Crippen molar-refractivity contribution in [1.29, 1.82) is 0 Å². The second kappa shape index (κ2) is 5.79. The molecular weight excluding hydrogens is 144 g/mol. The van der Waals surface area contributed by atoms with Crippen molar-refractivity contribution in [2.75, 3.05) is 0 Å². The summed E-state index contributed by atoms with van der Waals surface area (Å²) in [7, 11) is 0. The molecule has 0 aliphatic rings. The first-order chi connectivity index (χ1) is 4.66. The average Bonchev–Trinajstić information content (AvgIpc) is 1.85. The van der Waals surface area contributed by atoms with Crippen LogP contribution in [0.15, 0.2) is 12.2 Å². The molecule has 1 unspecified atom stereocenters. The van der Waals surface area contributed by atoms with Crippen LogP contribution in [0.4, 0.5) is 0 Å². The molecule has 1 atom stereocenters. The molecule has 0 spiro atoms. The smallest absolute Gasteiger partial charge is 0.0516 e. The Kier molecular flexibility index (Phi) is 5.81. The van der Waals surface area contributed by atoms with Crippen LogP contribution < -0.4 is 0 Å². The summed E-state index contributed by atoms with van der Waals surface area (Å²) in [6.45, 7) is 6.45. The van der Waals surface area contributed by atoms with Gasteiger partial charge in [0.2, 0.25) is 0 Å². The van der Waals surface area contributed by atoms with E-state index in [1.807, 2.05) is 19.1 Å². The third-order valence-corrected chi connectivity index (χ3v) is 1.78. The van der Waals surface area contributed by atoms with Gasteiger partial charge >= 0.3 is 0 Å². The summed E-state index contributed by atoms with van der Waals surface area (Å²) in [5.41, 5.74) is 0. The standard InChI is InChI=1S/C9H17Cl/c1-4-5-9(10)7-6-8(2)3/h4-5,8-9H,6-7H2,1-3H3/b5-4+. The molecule has 0 nitrogen and oxygen atoms in total. The number of hydrogen-bond donors (Lipinski definition) is 0.